The summed E-state index contributed by atoms with van der Waals surface area (Å²) in [5.74, 6) is 0.350. The molecule has 1 aromatic heterocycles. The van der Waals surface area contributed by atoms with Gasteiger partial charge >= 0.3 is 0 Å². The van der Waals surface area contributed by atoms with Crippen LogP contribution in [0.2, 0.25) is 0 Å². The molecule has 9 heteroatoms. The molecule has 8 nitrogen and oxygen atoms in total. The number of nitriles is 1. The van der Waals surface area contributed by atoms with Crippen molar-refractivity contribution >= 4 is 28.9 Å². The first-order chi connectivity index (χ1) is 14.5. The van der Waals surface area contributed by atoms with Crippen LogP contribution in [-0.4, -0.2) is 45.8 Å². The van der Waals surface area contributed by atoms with Gasteiger partial charge in [0.15, 0.2) is 5.78 Å². The Morgan fingerprint density at radius 3 is 2.23 bits per heavy atom. The average Bonchev–Trinajstić information content (AvgIpc) is 3.32. The Bertz CT molecular complexity index is 1160. The molecule has 0 spiro atoms. The van der Waals surface area contributed by atoms with Crippen molar-refractivity contribution in [1.82, 2.24) is 20.2 Å². The molecule has 0 bridgehead atoms. The molecule has 2 heterocycles. The Balaban J connectivity index is 1.58. The predicted octanol–water partition coefficient (Wildman–Crippen LogP) is 2.95. The molecule has 3 aromatic rings. The van der Waals surface area contributed by atoms with Crippen LogP contribution in [0.25, 0.3) is 5.69 Å². The van der Waals surface area contributed by atoms with E-state index in [9.17, 15) is 10.1 Å². The zero-order valence-electron chi connectivity index (χ0n) is 16.8. The zero-order valence-corrected chi connectivity index (χ0v) is 17.6. The number of hydrogen-bond donors (Lipinski definition) is 0. The number of rotatable bonds is 5. The number of Topliss-reactive ketones (excluding diaryl/α,β-unsaturated/α-hetero) is 1. The van der Waals surface area contributed by atoms with Crippen molar-refractivity contribution in [2.24, 2.45) is 0 Å². The third kappa shape index (κ3) is 3.31. The second-order valence-corrected chi connectivity index (χ2v) is 7.73. The highest BCUT2D eigenvalue weighted by Crippen LogP contribution is 2.40. The van der Waals surface area contributed by atoms with Gasteiger partial charge in [-0.2, -0.15) is 9.94 Å². The van der Waals surface area contributed by atoms with Crippen LogP contribution in [-0.2, 0) is 4.79 Å². The van der Waals surface area contributed by atoms with Gasteiger partial charge in [0.2, 0.25) is 5.16 Å². The number of aryl methyl sites for hydroxylation is 1. The van der Waals surface area contributed by atoms with Crippen LogP contribution in [0.1, 0.15) is 5.56 Å². The van der Waals surface area contributed by atoms with E-state index < -0.39 is 0 Å². The number of benzene rings is 2. The summed E-state index contributed by atoms with van der Waals surface area (Å²) in [6, 6.07) is 17.6. The van der Waals surface area contributed by atoms with Crippen LogP contribution in [0.15, 0.2) is 65.1 Å². The Kier molecular flexibility index (Phi) is 5.25. The van der Waals surface area contributed by atoms with Gasteiger partial charge in [0.25, 0.3) is 0 Å². The fourth-order valence-corrected chi connectivity index (χ4v) is 4.24. The number of aromatic nitrogens is 4. The summed E-state index contributed by atoms with van der Waals surface area (Å²) in [4.78, 5) is 16.7. The van der Waals surface area contributed by atoms with Gasteiger partial charge in [-0.25, -0.2) is 0 Å². The summed E-state index contributed by atoms with van der Waals surface area (Å²) in [6.45, 7) is 1.97. The number of para-hydroxylation sites is 3. The highest BCUT2D eigenvalue weighted by molar-refractivity contribution is 7.99. The minimum absolute atomic E-state index is 0.0523. The summed E-state index contributed by atoms with van der Waals surface area (Å²) < 4.78 is 1.61. The first kappa shape index (κ1) is 19.7. The molecule has 0 amide bonds. The van der Waals surface area contributed by atoms with Gasteiger partial charge in [0.05, 0.1) is 22.8 Å². The molecule has 0 saturated heterocycles. The van der Waals surface area contributed by atoms with Crippen LogP contribution in [0.4, 0.5) is 11.4 Å². The van der Waals surface area contributed by atoms with Crippen molar-refractivity contribution in [1.29, 1.82) is 5.26 Å². The van der Waals surface area contributed by atoms with E-state index in [-0.39, 0.29) is 17.1 Å². The number of hydrogen-bond acceptors (Lipinski definition) is 8. The normalized spacial score (nSPS) is 12.7. The largest absolute Gasteiger partial charge is 0.328 e. The molecule has 1 aliphatic rings. The first-order valence-electron chi connectivity index (χ1n) is 9.24. The lowest BCUT2D eigenvalue weighted by Crippen LogP contribution is -2.26. The van der Waals surface area contributed by atoms with Gasteiger partial charge in [0.1, 0.15) is 17.5 Å². The van der Waals surface area contributed by atoms with Gasteiger partial charge < -0.3 is 9.80 Å². The van der Waals surface area contributed by atoms with E-state index in [1.807, 2.05) is 79.3 Å². The summed E-state index contributed by atoms with van der Waals surface area (Å²) in [7, 11) is 3.71. The van der Waals surface area contributed by atoms with Crippen LogP contribution in [0.3, 0.4) is 0 Å². The lowest BCUT2D eigenvalue weighted by molar-refractivity contribution is -0.112. The monoisotopic (exact) mass is 417 g/mol. The third-order valence-corrected chi connectivity index (χ3v) is 5.89. The number of nitrogens with zero attached hydrogens (tertiary/aromatic N) is 7. The molecule has 0 radical (unpaired) electrons. The van der Waals surface area contributed by atoms with Crippen LogP contribution >= 0.6 is 11.8 Å². The molecule has 0 fully saturated rings. The molecule has 0 N–H and O–H groups in total. The fourth-order valence-electron chi connectivity index (χ4n) is 3.48. The van der Waals surface area contributed by atoms with Gasteiger partial charge in [-0.1, -0.05) is 42.1 Å². The van der Waals surface area contributed by atoms with E-state index in [1.54, 1.807) is 4.68 Å². The van der Waals surface area contributed by atoms with Crippen molar-refractivity contribution in [2.45, 2.75) is 12.1 Å². The number of tetrazole rings is 1. The predicted molar refractivity (Wildman–Crippen MR) is 116 cm³/mol. The molecule has 0 aliphatic carbocycles. The lowest BCUT2D eigenvalue weighted by Gasteiger charge is -2.19. The molecular formula is C21H19N7OS. The Labute approximate surface area is 178 Å². The summed E-state index contributed by atoms with van der Waals surface area (Å²) >= 11 is 1.21. The standard InChI is InChI=1S/C21H19N7OS/c1-14-8-4-5-9-16(14)28-21(23-24-25-28)30-13-19(29)15(12-22)20-26(2)17-10-6-7-11-18(17)27(20)3/h4-11H,13H2,1-3H3. The Morgan fingerprint density at radius 2 is 1.63 bits per heavy atom. The molecular weight excluding hydrogens is 398 g/mol. The Morgan fingerprint density at radius 1 is 1.03 bits per heavy atom. The van der Waals surface area contributed by atoms with E-state index in [4.69, 9.17) is 0 Å². The minimum Gasteiger partial charge on any atom is -0.328 e. The first-order valence-corrected chi connectivity index (χ1v) is 10.2. The van der Waals surface area contributed by atoms with Crippen molar-refractivity contribution in [2.75, 3.05) is 29.6 Å². The molecule has 2 aromatic carbocycles. The van der Waals surface area contributed by atoms with E-state index in [1.165, 1.54) is 11.8 Å². The number of allylic oxidation sites excluding steroid dienone is 1. The fraction of sp³-hybridized carbons (Fsp3) is 0.190. The van der Waals surface area contributed by atoms with Gasteiger partial charge in [-0.3, -0.25) is 4.79 Å². The highest BCUT2D eigenvalue weighted by atomic mass is 32.2. The van der Waals surface area contributed by atoms with Gasteiger partial charge in [-0.15, -0.1) is 5.10 Å². The molecule has 1 aliphatic heterocycles. The lowest BCUT2D eigenvalue weighted by atomic mass is 10.2. The maximum absolute atomic E-state index is 13.0. The van der Waals surface area contributed by atoms with Gasteiger partial charge in [-0.05, 0) is 41.1 Å². The van der Waals surface area contributed by atoms with Crippen molar-refractivity contribution < 1.29 is 4.79 Å². The summed E-state index contributed by atoms with van der Waals surface area (Å²) in [6.07, 6.45) is 0. The Hall–Kier alpha value is -3.64. The molecule has 0 unspecified atom stereocenters. The van der Waals surface area contributed by atoms with Crippen LogP contribution < -0.4 is 9.80 Å². The maximum atomic E-state index is 13.0. The van der Waals surface area contributed by atoms with Crippen molar-refractivity contribution in [3.05, 3.63) is 65.5 Å². The molecule has 0 atom stereocenters. The van der Waals surface area contributed by atoms with Gasteiger partial charge in [0, 0.05) is 14.1 Å². The number of fused-ring (bicyclic) bond motifs is 1. The third-order valence-electron chi connectivity index (χ3n) is 4.97. The topological polar surface area (TPSA) is 90.9 Å². The minimum atomic E-state index is -0.275. The number of thioether (sulfide) groups is 1. The van der Waals surface area contributed by atoms with Crippen LogP contribution in [0.5, 0.6) is 0 Å². The molecule has 150 valence electrons. The molecule has 0 saturated carbocycles. The van der Waals surface area contributed by atoms with E-state index >= 15 is 0 Å². The second kappa shape index (κ2) is 8.00. The van der Waals surface area contributed by atoms with Crippen molar-refractivity contribution in [3.63, 3.8) is 0 Å². The van der Waals surface area contributed by atoms with Crippen molar-refractivity contribution in [3.8, 4) is 11.8 Å². The highest BCUT2D eigenvalue weighted by Gasteiger charge is 2.31. The van der Waals surface area contributed by atoms with E-state index in [0.717, 1.165) is 22.6 Å². The number of ketones is 1. The quantitative estimate of drug-likeness (QED) is 0.356. The van der Waals surface area contributed by atoms with E-state index in [2.05, 4.69) is 21.6 Å². The zero-order chi connectivity index (χ0) is 21.3. The maximum Gasteiger partial charge on any atom is 0.214 e. The summed E-state index contributed by atoms with van der Waals surface area (Å²) in [5, 5.41) is 22.1. The van der Waals surface area contributed by atoms with E-state index in [0.29, 0.717) is 11.0 Å². The number of carbonyl (C=O) groups is 1. The smallest absolute Gasteiger partial charge is 0.214 e. The molecule has 30 heavy (non-hydrogen) atoms. The number of anilines is 2. The summed E-state index contributed by atoms with van der Waals surface area (Å²) in [5.41, 5.74) is 3.88. The second-order valence-electron chi connectivity index (χ2n) is 6.79. The molecule has 4 rings (SSSR count). The average molecular weight is 417 g/mol. The SMILES string of the molecule is Cc1ccccc1-n1nnnc1SCC(=O)C(C#N)=C1N(C)c2ccccc2N1C. The van der Waals surface area contributed by atoms with Crippen LogP contribution in [0, 0.1) is 18.3 Å². The number of carbonyl (C=O) groups excluding carboxylic acids is 1.